The summed E-state index contributed by atoms with van der Waals surface area (Å²) in [5.74, 6) is 0.786. The number of anilines is 2. The molecule has 0 amide bonds. The maximum atomic E-state index is 10.3. The summed E-state index contributed by atoms with van der Waals surface area (Å²) in [6.07, 6.45) is 0.697. The molecule has 2 aromatic rings. The molecule has 136 valence electrons. The minimum absolute atomic E-state index is 0.113. The van der Waals surface area contributed by atoms with Gasteiger partial charge in [0.2, 0.25) is 5.95 Å². The van der Waals surface area contributed by atoms with Crippen LogP contribution < -0.4 is 10.6 Å². The summed E-state index contributed by atoms with van der Waals surface area (Å²) < 4.78 is 7.10. The number of aliphatic hydroxyl groups excluding tert-OH is 3. The number of nitrogens with zero attached hydrogens (tertiary/aromatic N) is 5. The standard InChI is InChI=1S/C15H22N6O4/c16-15-18-12(20-4-2-1-3-5-20)9-13(19-15)21(7-17-9)14-11(24)10(23)8(6-22)25-14/h7-8,10-11,14,22-24H,1-6H2,(H2,16,18,19)/t8-,10-,11-,14-/m1/s1. The monoisotopic (exact) mass is 350 g/mol. The van der Waals surface area contributed by atoms with Crippen LogP contribution in [0.3, 0.4) is 0 Å². The second-order valence-corrected chi connectivity index (χ2v) is 6.51. The first-order valence-electron chi connectivity index (χ1n) is 8.47. The Hall–Kier alpha value is -2.01. The minimum Gasteiger partial charge on any atom is -0.394 e. The van der Waals surface area contributed by atoms with Crippen molar-refractivity contribution < 1.29 is 20.1 Å². The Balaban J connectivity index is 1.75. The molecule has 0 saturated carbocycles. The summed E-state index contributed by atoms with van der Waals surface area (Å²) in [5.41, 5.74) is 6.90. The van der Waals surface area contributed by atoms with Gasteiger partial charge in [-0.05, 0) is 19.3 Å². The van der Waals surface area contributed by atoms with Crippen molar-refractivity contribution in [1.82, 2.24) is 19.5 Å². The van der Waals surface area contributed by atoms with Crippen molar-refractivity contribution in [2.45, 2.75) is 43.8 Å². The van der Waals surface area contributed by atoms with Crippen LogP contribution in [0.25, 0.3) is 11.2 Å². The van der Waals surface area contributed by atoms with E-state index in [0.717, 1.165) is 25.9 Å². The largest absolute Gasteiger partial charge is 0.394 e. The molecule has 10 heteroatoms. The number of aromatic nitrogens is 4. The fourth-order valence-corrected chi connectivity index (χ4v) is 3.54. The van der Waals surface area contributed by atoms with Gasteiger partial charge >= 0.3 is 0 Å². The Labute approximate surface area is 143 Å². The summed E-state index contributed by atoms with van der Waals surface area (Å²) in [6.45, 7) is 1.37. The smallest absolute Gasteiger partial charge is 0.224 e. The number of hydrogen-bond donors (Lipinski definition) is 4. The lowest BCUT2D eigenvalue weighted by Crippen LogP contribution is -2.33. The average molecular weight is 350 g/mol. The molecule has 0 aromatic carbocycles. The van der Waals surface area contributed by atoms with Gasteiger partial charge in [0.1, 0.15) is 18.3 Å². The fourth-order valence-electron chi connectivity index (χ4n) is 3.54. The molecule has 10 nitrogen and oxygen atoms in total. The van der Waals surface area contributed by atoms with E-state index in [9.17, 15) is 15.3 Å². The molecule has 2 aliphatic heterocycles. The quantitative estimate of drug-likeness (QED) is 0.548. The first-order chi connectivity index (χ1) is 12.1. The van der Waals surface area contributed by atoms with Crippen LogP contribution in [0.4, 0.5) is 11.8 Å². The van der Waals surface area contributed by atoms with Crippen molar-refractivity contribution in [2.24, 2.45) is 0 Å². The van der Waals surface area contributed by atoms with Crippen molar-refractivity contribution in [2.75, 3.05) is 30.3 Å². The van der Waals surface area contributed by atoms with Crippen LogP contribution >= 0.6 is 0 Å². The number of rotatable bonds is 3. The molecule has 0 unspecified atom stereocenters. The number of piperidine rings is 1. The molecule has 0 bridgehead atoms. The number of hydrogen-bond acceptors (Lipinski definition) is 9. The second kappa shape index (κ2) is 6.37. The topological polar surface area (TPSA) is 143 Å². The van der Waals surface area contributed by atoms with E-state index >= 15 is 0 Å². The van der Waals surface area contributed by atoms with Crippen LogP contribution in [-0.4, -0.2) is 72.8 Å². The van der Waals surface area contributed by atoms with Crippen molar-refractivity contribution in [3.8, 4) is 0 Å². The Morgan fingerprint density at radius 2 is 1.92 bits per heavy atom. The highest BCUT2D eigenvalue weighted by Crippen LogP contribution is 2.33. The predicted octanol–water partition coefficient (Wildman–Crippen LogP) is -0.990. The van der Waals surface area contributed by atoms with Crippen LogP contribution in [0.15, 0.2) is 6.33 Å². The fraction of sp³-hybridized carbons (Fsp3) is 0.667. The van der Waals surface area contributed by atoms with E-state index in [2.05, 4.69) is 19.9 Å². The molecule has 2 aromatic heterocycles. The summed E-state index contributed by atoms with van der Waals surface area (Å²) in [5, 5.41) is 29.5. The zero-order chi connectivity index (χ0) is 17.6. The number of aliphatic hydroxyl groups is 3. The van der Waals surface area contributed by atoms with E-state index in [4.69, 9.17) is 10.5 Å². The molecule has 0 radical (unpaired) electrons. The average Bonchev–Trinajstić information content (AvgIpc) is 3.16. The van der Waals surface area contributed by atoms with Gasteiger partial charge in [-0.15, -0.1) is 0 Å². The second-order valence-electron chi connectivity index (χ2n) is 6.51. The van der Waals surface area contributed by atoms with Crippen LogP contribution in [0.2, 0.25) is 0 Å². The van der Waals surface area contributed by atoms with Crippen LogP contribution in [0.1, 0.15) is 25.5 Å². The molecule has 4 heterocycles. The summed E-state index contributed by atoms with van der Waals surface area (Å²) in [6, 6.07) is 0. The third kappa shape index (κ3) is 2.71. The van der Waals surface area contributed by atoms with Gasteiger partial charge in [-0.3, -0.25) is 4.57 Å². The maximum absolute atomic E-state index is 10.3. The Morgan fingerprint density at radius 1 is 1.16 bits per heavy atom. The van der Waals surface area contributed by atoms with E-state index < -0.39 is 31.1 Å². The number of ether oxygens (including phenoxy) is 1. The molecule has 0 spiro atoms. The van der Waals surface area contributed by atoms with E-state index in [1.165, 1.54) is 17.3 Å². The van der Waals surface area contributed by atoms with Gasteiger partial charge in [-0.1, -0.05) is 0 Å². The summed E-state index contributed by atoms with van der Waals surface area (Å²) >= 11 is 0. The lowest BCUT2D eigenvalue weighted by Gasteiger charge is -2.27. The van der Waals surface area contributed by atoms with Crippen LogP contribution in [0.5, 0.6) is 0 Å². The van der Waals surface area contributed by atoms with Crippen molar-refractivity contribution in [3.05, 3.63) is 6.33 Å². The zero-order valence-corrected chi connectivity index (χ0v) is 13.7. The molecule has 4 atom stereocenters. The number of imidazole rings is 1. The highest BCUT2D eigenvalue weighted by atomic mass is 16.6. The number of nitrogen functional groups attached to an aromatic ring is 1. The Morgan fingerprint density at radius 3 is 2.60 bits per heavy atom. The lowest BCUT2D eigenvalue weighted by atomic mass is 10.1. The molecule has 2 fully saturated rings. The lowest BCUT2D eigenvalue weighted by molar-refractivity contribution is -0.0511. The normalized spacial score (nSPS) is 30.3. The van der Waals surface area contributed by atoms with E-state index in [1.807, 2.05) is 0 Å². The van der Waals surface area contributed by atoms with Gasteiger partial charge in [-0.2, -0.15) is 9.97 Å². The summed E-state index contributed by atoms with van der Waals surface area (Å²) in [4.78, 5) is 15.1. The Kier molecular flexibility index (Phi) is 4.20. The molecule has 25 heavy (non-hydrogen) atoms. The van der Waals surface area contributed by atoms with Gasteiger partial charge in [-0.25, -0.2) is 4.98 Å². The molecular weight excluding hydrogens is 328 g/mol. The molecule has 2 aliphatic rings. The van der Waals surface area contributed by atoms with Gasteiger partial charge < -0.3 is 30.7 Å². The highest BCUT2D eigenvalue weighted by molar-refractivity contribution is 5.84. The summed E-state index contributed by atoms with van der Waals surface area (Å²) in [7, 11) is 0. The minimum atomic E-state index is -1.20. The van der Waals surface area contributed by atoms with Crippen molar-refractivity contribution in [3.63, 3.8) is 0 Å². The first-order valence-corrected chi connectivity index (χ1v) is 8.47. The van der Waals surface area contributed by atoms with Gasteiger partial charge in [0, 0.05) is 13.1 Å². The van der Waals surface area contributed by atoms with Gasteiger partial charge in [0.15, 0.2) is 23.2 Å². The maximum Gasteiger partial charge on any atom is 0.224 e. The van der Waals surface area contributed by atoms with E-state index in [-0.39, 0.29) is 5.95 Å². The zero-order valence-electron chi connectivity index (χ0n) is 13.7. The third-order valence-corrected chi connectivity index (χ3v) is 4.87. The van der Waals surface area contributed by atoms with E-state index in [1.54, 1.807) is 0 Å². The molecular formula is C15H22N6O4. The van der Waals surface area contributed by atoms with Gasteiger partial charge in [0.05, 0.1) is 12.9 Å². The van der Waals surface area contributed by atoms with E-state index in [0.29, 0.717) is 17.0 Å². The predicted molar refractivity (Wildman–Crippen MR) is 88.8 cm³/mol. The van der Waals surface area contributed by atoms with Crippen LogP contribution in [-0.2, 0) is 4.74 Å². The highest BCUT2D eigenvalue weighted by Gasteiger charge is 2.44. The van der Waals surface area contributed by atoms with Gasteiger partial charge in [0.25, 0.3) is 0 Å². The van der Waals surface area contributed by atoms with Crippen LogP contribution in [0, 0.1) is 0 Å². The molecule has 4 rings (SSSR count). The van der Waals surface area contributed by atoms with Crippen molar-refractivity contribution in [1.29, 1.82) is 0 Å². The molecule has 2 saturated heterocycles. The first kappa shape index (κ1) is 16.5. The number of nitrogens with two attached hydrogens (primary N) is 1. The molecule has 0 aliphatic carbocycles. The van der Waals surface area contributed by atoms with Crippen molar-refractivity contribution >= 4 is 22.9 Å². The Bertz CT molecular complexity index is 762. The molecule has 5 N–H and O–H groups in total. The SMILES string of the molecule is Nc1nc(N2CCCCC2)c2ncn([C@@H]3O[C@H](CO)[C@@H](O)[C@H]3O)c2n1. The third-order valence-electron chi connectivity index (χ3n) is 4.87. The number of fused-ring (bicyclic) bond motifs is 1.